The Morgan fingerprint density at radius 3 is 2.82 bits per heavy atom. The van der Waals surface area contributed by atoms with Crippen LogP contribution >= 0.6 is 23.4 Å². The van der Waals surface area contributed by atoms with Gasteiger partial charge in [-0.2, -0.15) is 0 Å². The normalized spacial score (nSPS) is 19.1. The van der Waals surface area contributed by atoms with Crippen molar-refractivity contribution in [3.8, 4) is 0 Å². The lowest BCUT2D eigenvalue weighted by molar-refractivity contribution is 0.0619. The Balaban J connectivity index is 1.36. The van der Waals surface area contributed by atoms with Crippen molar-refractivity contribution in [2.75, 3.05) is 25.6 Å². The number of aliphatic hydroxyl groups is 2. The topological polar surface area (TPSA) is 124 Å². The summed E-state index contributed by atoms with van der Waals surface area (Å²) in [4.78, 5) is 29.8. The lowest BCUT2D eigenvalue weighted by Gasteiger charge is -2.29. The van der Waals surface area contributed by atoms with Crippen LogP contribution in [0.1, 0.15) is 12.0 Å². The van der Waals surface area contributed by atoms with E-state index in [0.717, 1.165) is 0 Å². The number of thioether (sulfide) groups is 1. The van der Waals surface area contributed by atoms with Crippen molar-refractivity contribution in [3.63, 3.8) is 0 Å². The molecule has 3 amide bonds. The van der Waals surface area contributed by atoms with E-state index < -0.39 is 46.6 Å². The molecule has 3 atom stereocenters. The second kappa shape index (κ2) is 11.7. The first-order valence-corrected chi connectivity index (χ1v) is 12.8. The van der Waals surface area contributed by atoms with E-state index in [9.17, 15) is 28.6 Å². The number of hydrogen-bond donors (Lipinski definition) is 4. The zero-order valence-corrected chi connectivity index (χ0v) is 21.7. The Labute approximate surface area is 226 Å². The summed E-state index contributed by atoms with van der Waals surface area (Å²) >= 11 is 7.24. The second-order valence-electron chi connectivity index (χ2n) is 8.71. The summed E-state index contributed by atoms with van der Waals surface area (Å²) in [6.45, 7) is -0.654. The van der Waals surface area contributed by atoms with Gasteiger partial charge in [-0.25, -0.2) is 23.4 Å². The first kappa shape index (κ1) is 27.8. The van der Waals surface area contributed by atoms with Crippen molar-refractivity contribution < 1.29 is 33.3 Å². The molecule has 1 aromatic heterocycles. The Bertz CT molecular complexity index is 1350. The number of fused-ring (bicyclic) bond motifs is 1. The third-order valence-electron chi connectivity index (χ3n) is 6.14. The molecule has 2 unspecified atom stereocenters. The number of aromatic nitrogens is 1. The summed E-state index contributed by atoms with van der Waals surface area (Å²) in [5, 5.41) is 25.4. The minimum absolute atomic E-state index is 0.0201. The molecule has 1 aliphatic heterocycles. The fraction of sp³-hybridized carbons (Fsp3) is 0.320. The van der Waals surface area contributed by atoms with E-state index >= 15 is 0 Å². The molecule has 1 fully saturated rings. The molecule has 4 N–H and O–H groups in total. The number of nitrogens with one attached hydrogen (secondary N) is 2. The van der Waals surface area contributed by atoms with Crippen molar-refractivity contribution in [2.24, 2.45) is 0 Å². The number of halogens is 3. The first-order valence-electron chi connectivity index (χ1n) is 11.5. The molecule has 9 nitrogen and oxygen atoms in total. The fourth-order valence-corrected chi connectivity index (χ4v) is 5.61. The molecule has 13 heteroatoms. The van der Waals surface area contributed by atoms with Gasteiger partial charge in [-0.3, -0.25) is 5.32 Å². The Morgan fingerprint density at radius 1 is 1.26 bits per heavy atom. The monoisotopic (exact) mass is 566 g/mol. The highest BCUT2D eigenvalue weighted by Crippen LogP contribution is 2.58. The maximum Gasteiger partial charge on any atom is 0.412 e. The van der Waals surface area contributed by atoms with E-state index in [4.69, 9.17) is 16.3 Å². The molecule has 202 valence electrons. The van der Waals surface area contributed by atoms with Crippen LogP contribution in [0.5, 0.6) is 0 Å². The number of aliphatic hydroxyl groups excluding tert-OH is 2. The number of carbonyl (C=O) groups is 2. The highest BCUT2D eigenvalue weighted by molar-refractivity contribution is 8.08. The highest BCUT2D eigenvalue weighted by atomic mass is 35.5. The molecule has 3 aromatic rings. The zero-order chi connectivity index (χ0) is 27.4. The third-order valence-corrected chi connectivity index (χ3v) is 8.26. The van der Waals surface area contributed by atoms with E-state index in [1.54, 1.807) is 12.1 Å². The van der Waals surface area contributed by atoms with Gasteiger partial charge in [-0.05, 0) is 41.3 Å². The van der Waals surface area contributed by atoms with Gasteiger partial charge < -0.3 is 25.2 Å². The van der Waals surface area contributed by atoms with Gasteiger partial charge in [0.15, 0.2) is 0 Å². The van der Waals surface area contributed by atoms with Crippen LogP contribution in [0.25, 0.3) is 10.8 Å². The van der Waals surface area contributed by atoms with E-state index in [-0.39, 0.29) is 30.4 Å². The van der Waals surface area contributed by atoms with E-state index in [1.165, 1.54) is 60.2 Å². The first-order chi connectivity index (χ1) is 18.1. The molecule has 2 heterocycles. The van der Waals surface area contributed by atoms with Crippen LogP contribution in [0.3, 0.4) is 0 Å². The average Bonchev–Trinajstić information content (AvgIpc) is 3.60. The molecule has 4 rings (SSSR count). The van der Waals surface area contributed by atoms with Crippen LogP contribution in [-0.2, 0) is 11.3 Å². The largest absolute Gasteiger partial charge is 0.448 e. The standard InChI is InChI=1S/C25H25ClF2N4O5S/c1-32(23(35)30-11-15-3-2-4-19(28)22(15)26)25(9-18(34)12-33)20(38-25)13-37-24(36)31-21-8-16-7-17(27)6-5-14(16)10-29-21/h2-8,10,18,20,33-34H,9,11-13H2,1H3,(H,30,35)(H,29,31,36)/t18?,20?,25-/m0/s1. The number of carbonyl (C=O) groups excluding carboxylic acids is 2. The summed E-state index contributed by atoms with van der Waals surface area (Å²) < 4.78 is 32.5. The zero-order valence-electron chi connectivity index (χ0n) is 20.2. The van der Waals surface area contributed by atoms with Gasteiger partial charge in [0.1, 0.15) is 28.9 Å². The van der Waals surface area contributed by atoms with Crippen LogP contribution in [-0.4, -0.2) is 68.7 Å². The SMILES string of the molecule is CN(C(=O)NCc1cccc(F)c1Cl)[C@@]1(CC(O)CO)SC1COC(=O)Nc1cc2cc(F)ccc2cn1. The molecule has 0 spiro atoms. The minimum atomic E-state index is -1.11. The number of anilines is 1. The quantitative estimate of drug-likeness (QED) is 0.287. The van der Waals surface area contributed by atoms with Crippen molar-refractivity contribution in [1.82, 2.24) is 15.2 Å². The number of rotatable bonds is 9. The van der Waals surface area contributed by atoms with Gasteiger partial charge in [0.25, 0.3) is 0 Å². The average molecular weight is 567 g/mol. The smallest absolute Gasteiger partial charge is 0.412 e. The van der Waals surface area contributed by atoms with Crippen LogP contribution < -0.4 is 10.6 Å². The Kier molecular flexibility index (Phi) is 8.56. The van der Waals surface area contributed by atoms with E-state index in [2.05, 4.69) is 15.6 Å². The van der Waals surface area contributed by atoms with Crippen molar-refractivity contribution >= 4 is 52.1 Å². The molecule has 1 aliphatic rings. The summed E-state index contributed by atoms with van der Waals surface area (Å²) in [6.07, 6.45) is -0.402. The lowest BCUT2D eigenvalue weighted by Crippen LogP contribution is -2.48. The minimum Gasteiger partial charge on any atom is -0.448 e. The van der Waals surface area contributed by atoms with Gasteiger partial charge in [0.2, 0.25) is 0 Å². The summed E-state index contributed by atoms with van der Waals surface area (Å²) in [5.41, 5.74) is 0.392. The van der Waals surface area contributed by atoms with Gasteiger partial charge in [0, 0.05) is 31.6 Å². The Morgan fingerprint density at radius 2 is 2.05 bits per heavy atom. The molecular weight excluding hydrogens is 542 g/mol. The van der Waals surface area contributed by atoms with Crippen LogP contribution in [0.15, 0.2) is 48.7 Å². The third kappa shape index (κ3) is 6.26. The van der Waals surface area contributed by atoms with E-state index in [1.807, 2.05) is 0 Å². The molecule has 0 aliphatic carbocycles. The van der Waals surface area contributed by atoms with Gasteiger partial charge in [-0.15, -0.1) is 11.8 Å². The number of urea groups is 1. The number of ether oxygens (including phenoxy) is 1. The maximum atomic E-state index is 13.7. The number of pyridine rings is 1. The second-order valence-corrected chi connectivity index (χ2v) is 10.6. The predicted molar refractivity (Wildman–Crippen MR) is 140 cm³/mol. The summed E-state index contributed by atoms with van der Waals surface area (Å²) in [7, 11) is 1.51. The molecule has 0 bridgehead atoms. The van der Waals surface area contributed by atoms with Crippen LogP contribution in [0.4, 0.5) is 24.2 Å². The van der Waals surface area contributed by atoms with Gasteiger partial charge in [0.05, 0.1) is 23.0 Å². The molecule has 0 radical (unpaired) electrons. The van der Waals surface area contributed by atoms with Gasteiger partial charge in [-0.1, -0.05) is 23.7 Å². The van der Waals surface area contributed by atoms with Crippen molar-refractivity contribution in [1.29, 1.82) is 0 Å². The van der Waals surface area contributed by atoms with Crippen LogP contribution in [0, 0.1) is 11.6 Å². The molecular formula is C25H25ClF2N4O5S. The lowest BCUT2D eigenvalue weighted by atomic mass is 10.1. The number of amides is 3. The summed E-state index contributed by atoms with van der Waals surface area (Å²) in [5.74, 6) is -0.851. The number of nitrogens with zero attached hydrogens (tertiary/aromatic N) is 2. The number of benzene rings is 2. The van der Waals surface area contributed by atoms with Crippen molar-refractivity contribution in [2.45, 2.75) is 29.2 Å². The van der Waals surface area contributed by atoms with Gasteiger partial charge >= 0.3 is 12.1 Å². The molecule has 0 saturated carbocycles. The number of hydrogen-bond acceptors (Lipinski definition) is 7. The maximum absolute atomic E-state index is 13.7. The molecule has 38 heavy (non-hydrogen) atoms. The fourth-order valence-electron chi connectivity index (χ4n) is 4.01. The van der Waals surface area contributed by atoms with E-state index in [0.29, 0.717) is 16.3 Å². The Hall–Kier alpha value is -3.19. The summed E-state index contributed by atoms with van der Waals surface area (Å²) in [6, 6.07) is 9.46. The van der Waals surface area contributed by atoms with Crippen molar-refractivity contribution in [3.05, 3.63) is 70.9 Å². The molecule has 2 aromatic carbocycles. The predicted octanol–water partition coefficient (Wildman–Crippen LogP) is 4.11. The molecule has 1 saturated heterocycles. The van der Waals surface area contributed by atoms with Crippen LogP contribution in [0.2, 0.25) is 5.02 Å². The highest BCUT2D eigenvalue weighted by Gasteiger charge is 2.61.